The molecule has 0 spiro atoms. The molecule has 5 heteroatoms. The van der Waals surface area contributed by atoms with E-state index in [2.05, 4.69) is 10.6 Å². The van der Waals surface area contributed by atoms with Crippen LogP contribution >= 0.6 is 0 Å². The highest BCUT2D eigenvalue weighted by atomic mass is 16.5. The Bertz CT molecular complexity index is 853. The Labute approximate surface area is 153 Å². The SMILES string of the molecule is CC(C)OCc1ccc(CNC(=O)NCc2ccc3ccoc3c2)cc1. The lowest BCUT2D eigenvalue weighted by Gasteiger charge is -2.10. The van der Waals surface area contributed by atoms with Gasteiger partial charge in [-0.05, 0) is 42.7 Å². The predicted molar refractivity (Wildman–Crippen MR) is 102 cm³/mol. The van der Waals surface area contributed by atoms with E-state index in [0.717, 1.165) is 27.7 Å². The standard InChI is InChI=1S/C21H24N2O3/c1-15(2)26-14-17-5-3-16(4-6-17)12-22-21(24)23-13-18-7-8-19-9-10-25-20(19)11-18/h3-11,15H,12-14H2,1-2H3,(H2,22,23,24). The molecule has 0 aliphatic rings. The minimum absolute atomic E-state index is 0.197. The molecule has 2 amide bonds. The number of urea groups is 1. The third-order valence-corrected chi connectivity index (χ3v) is 4.03. The number of rotatable bonds is 7. The third-order valence-electron chi connectivity index (χ3n) is 4.03. The highest BCUT2D eigenvalue weighted by Crippen LogP contribution is 2.16. The molecule has 2 aromatic carbocycles. The van der Waals surface area contributed by atoms with E-state index in [0.29, 0.717) is 19.7 Å². The fourth-order valence-electron chi connectivity index (χ4n) is 2.55. The van der Waals surface area contributed by atoms with Crippen LogP contribution < -0.4 is 10.6 Å². The number of carbonyl (C=O) groups excluding carboxylic acids is 1. The van der Waals surface area contributed by atoms with Crippen LogP contribution in [0.4, 0.5) is 4.79 Å². The second-order valence-corrected chi connectivity index (χ2v) is 6.51. The molecule has 2 N–H and O–H groups in total. The maximum absolute atomic E-state index is 12.0. The van der Waals surface area contributed by atoms with Crippen molar-refractivity contribution in [3.05, 3.63) is 71.5 Å². The van der Waals surface area contributed by atoms with Crippen LogP contribution in [0.15, 0.2) is 59.2 Å². The van der Waals surface area contributed by atoms with E-state index >= 15 is 0 Å². The molecule has 1 aromatic heterocycles. The van der Waals surface area contributed by atoms with Gasteiger partial charge in [0, 0.05) is 18.5 Å². The van der Waals surface area contributed by atoms with Crippen LogP contribution in [0.5, 0.6) is 0 Å². The first kappa shape index (κ1) is 18.0. The Morgan fingerprint density at radius 2 is 1.62 bits per heavy atom. The van der Waals surface area contributed by atoms with E-state index in [1.54, 1.807) is 6.26 Å². The minimum atomic E-state index is -0.197. The molecule has 3 rings (SSSR count). The third kappa shape index (κ3) is 5.10. The molecule has 0 fully saturated rings. The van der Waals surface area contributed by atoms with Crippen molar-refractivity contribution in [2.75, 3.05) is 0 Å². The van der Waals surface area contributed by atoms with Crippen LogP contribution in [0.1, 0.15) is 30.5 Å². The fourth-order valence-corrected chi connectivity index (χ4v) is 2.55. The van der Waals surface area contributed by atoms with Gasteiger partial charge in [0.05, 0.1) is 19.0 Å². The number of hydrogen-bond acceptors (Lipinski definition) is 3. The van der Waals surface area contributed by atoms with Crippen molar-refractivity contribution in [3.8, 4) is 0 Å². The van der Waals surface area contributed by atoms with Gasteiger partial charge < -0.3 is 19.8 Å². The Balaban J connectivity index is 1.43. The molecule has 0 saturated heterocycles. The summed E-state index contributed by atoms with van der Waals surface area (Å²) in [5.41, 5.74) is 3.99. The maximum atomic E-state index is 12.0. The van der Waals surface area contributed by atoms with Gasteiger partial charge >= 0.3 is 6.03 Å². The van der Waals surface area contributed by atoms with Crippen molar-refractivity contribution in [1.82, 2.24) is 10.6 Å². The monoisotopic (exact) mass is 352 g/mol. The summed E-state index contributed by atoms with van der Waals surface area (Å²) in [6, 6.07) is 15.7. The molecule has 1 heterocycles. The summed E-state index contributed by atoms with van der Waals surface area (Å²) in [5.74, 6) is 0. The van der Waals surface area contributed by atoms with E-state index in [-0.39, 0.29) is 12.1 Å². The molecule has 5 nitrogen and oxygen atoms in total. The lowest BCUT2D eigenvalue weighted by Crippen LogP contribution is -2.34. The van der Waals surface area contributed by atoms with Crippen molar-refractivity contribution < 1.29 is 13.9 Å². The quantitative estimate of drug-likeness (QED) is 0.664. The zero-order valence-electron chi connectivity index (χ0n) is 15.1. The van der Waals surface area contributed by atoms with Crippen molar-refractivity contribution in [3.63, 3.8) is 0 Å². The number of ether oxygens (including phenoxy) is 1. The predicted octanol–water partition coefficient (Wildman–Crippen LogP) is 4.36. The van der Waals surface area contributed by atoms with Crippen LogP contribution in [0.25, 0.3) is 11.0 Å². The first-order valence-electron chi connectivity index (χ1n) is 8.77. The summed E-state index contributed by atoms with van der Waals surface area (Å²) in [6.07, 6.45) is 1.88. The molecule has 0 bridgehead atoms. The Hall–Kier alpha value is -2.79. The fraction of sp³-hybridized carbons (Fsp3) is 0.286. The number of nitrogens with one attached hydrogen (secondary N) is 2. The second-order valence-electron chi connectivity index (χ2n) is 6.51. The summed E-state index contributed by atoms with van der Waals surface area (Å²) in [6.45, 7) is 5.57. The second kappa shape index (κ2) is 8.54. The Morgan fingerprint density at radius 3 is 2.35 bits per heavy atom. The van der Waals surface area contributed by atoms with Crippen LogP contribution in [-0.2, 0) is 24.4 Å². The molecule has 0 saturated carbocycles. The van der Waals surface area contributed by atoms with Crippen molar-refractivity contribution >= 4 is 17.0 Å². The van der Waals surface area contributed by atoms with E-state index < -0.39 is 0 Å². The van der Waals surface area contributed by atoms with Crippen LogP contribution in [-0.4, -0.2) is 12.1 Å². The highest BCUT2D eigenvalue weighted by molar-refractivity contribution is 5.78. The van der Waals surface area contributed by atoms with Crippen LogP contribution in [0, 0.1) is 0 Å². The first-order chi connectivity index (χ1) is 12.6. The topological polar surface area (TPSA) is 63.5 Å². The summed E-state index contributed by atoms with van der Waals surface area (Å²) in [5, 5.41) is 6.78. The molecule has 26 heavy (non-hydrogen) atoms. The number of fused-ring (bicyclic) bond motifs is 1. The van der Waals surface area contributed by atoms with Crippen LogP contribution in [0.2, 0.25) is 0 Å². The maximum Gasteiger partial charge on any atom is 0.315 e. The summed E-state index contributed by atoms with van der Waals surface area (Å²) < 4.78 is 10.9. The van der Waals surface area contributed by atoms with Gasteiger partial charge in [-0.15, -0.1) is 0 Å². The molecular weight excluding hydrogens is 328 g/mol. The first-order valence-corrected chi connectivity index (χ1v) is 8.77. The number of benzene rings is 2. The molecular formula is C21H24N2O3. The lowest BCUT2D eigenvalue weighted by atomic mass is 10.1. The molecule has 136 valence electrons. The van der Waals surface area contributed by atoms with Crippen molar-refractivity contribution in [2.45, 2.75) is 39.6 Å². The molecule has 0 unspecified atom stereocenters. The van der Waals surface area contributed by atoms with E-state index in [1.807, 2.05) is 62.4 Å². The van der Waals surface area contributed by atoms with Crippen molar-refractivity contribution in [1.29, 1.82) is 0 Å². The van der Waals surface area contributed by atoms with E-state index in [9.17, 15) is 4.79 Å². The van der Waals surface area contributed by atoms with E-state index in [4.69, 9.17) is 9.15 Å². The number of hydrogen-bond donors (Lipinski definition) is 2. The summed E-state index contributed by atoms with van der Waals surface area (Å²) >= 11 is 0. The Kier molecular flexibility index (Phi) is 5.92. The van der Waals surface area contributed by atoms with Gasteiger partial charge in [0.2, 0.25) is 0 Å². The number of furan rings is 1. The van der Waals surface area contributed by atoms with Gasteiger partial charge in [-0.25, -0.2) is 4.79 Å². The zero-order chi connectivity index (χ0) is 18.4. The summed E-state index contributed by atoms with van der Waals surface area (Å²) in [4.78, 5) is 12.0. The van der Waals surface area contributed by atoms with Crippen molar-refractivity contribution in [2.24, 2.45) is 0 Å². The minimum Gasteiger partial charge on any atom is -0.464 e. The average molecular weight is 352 g/mol. The summed E-state index contributed by atoms with van der Waals surface area (Å²) in [7, 11) is 0. The average Bonchev–Trinajstić information content (AvgIpc) is 3.11. The molecule has 3 aromatic rings. The van der Waals surface area contributed by atoms with Gasteiger partial charge in [0.1, 0.15) is 5.58 Å². The van der Waals surface area contributed by atoms with Gasteiger partial charge in [0.15, 0.2) is 0 Å². The smallest absolute Gasteiger partial charge is 0.315 e. The largest absolute Gasteiger partial charge is 0.464 e. The van der Waals surface area contributed by atoms with Gasteiger partial charge in [-0.2, -0.15) is 0 Å². The van der Waals surface area contributed by atoms with Crippen LogP contribution in [0.3, 0.4) is 0 Å². The molecule has 0 atom stereocenters. The number of carbonyl (C=O) groups is 1. The number of amides is 2. The Morgan fingerprint density at radius 1 is 0.962 bits per heavy atom. The highest BCUT2D eigenvalue weighted by Gasteiger charge is 2.03. The van der Waals surface area contributed by atoms with Gasteiger partial charge in [-0.1, -0.05) is 36.4 Å². The normalized spacial score (nSPS) is 11.0. The lowest BCUT2D eigenvalue weighted by molar-refractivity contribution is 0.0657. The van der Waals surface area contributed by atoms with Gasteiger partial charge in [0.25, 0.3) is 0 Å². The van der Waals surface area contributed by atoms with Gasteiger partial charge in [-0.3, -0.25) is 0 Å². The molecule has 0 aliphatic heterocycles. The molecule has 0 radical (unpaired) electrons. The molecule has 0 aliphatic carbocycles. The zero-order valence-corrected chi connectivity index (χ0v) is 15.1. The van der Waals surface area contributed by atoms with E-state index in [1.165, 1.54) is 0 Å².